The third-order valence-corrected chi connectivity index (χ3v) is 7.00. The summed E-state index contributed by atoms with van der Waals surface area (Å²) in [5, 5.41) is 33.3. The third-order valence-electron chi connectivity index (χ3n) is 7.00. The summed E-state index contributed by atoms with van der Waals surface area (Å²) in [5.74, 6) is -1.08. The molecule has 1 heterocycles. The molecule has 1 fully saturated rings. The van der Waals surface area contributed by atoms with Crippen molar-refractivity contribution >= 4 is 17.0 Å². The monoisotopic (exact) mass is 556 g/mol. The van der Waals surface area contributed by atoms with Crippen LogP contribution in [0, 0.1) is 0 Å². The Balaban J connectivity index is 0. The highest BCUT2D eigenvalue weighted by atomic mass is 79.9. The predicted octanol–water partition coefficient (Wildman–Crippen LogP) is 5.42. The molecule has 208 valence electrons. The van der Waals surface area contributed by atoms with Gasteiger partial charge in [-0.1, -0.05) is 103 Å². The lowest BCUT2D eigenvalue weighted by molar-refractivity contribution is -0.320. The fraction of sp³-hybridized carbons (Fsp3) is 1.00. The molecular weight excluding hydrogens is 500 g/mol. The average molecular weight is 558 g/mol. The van der Waals surface area contributed by atoms with Crippen molar-refractivity contribution in [3.63, 3.8) is 0 Å². The van der Waals surface area contributed by atoms with Crippen molar-refractivity contribution < 1.29 is 24.8 Å². The minimum Gasteiger partial charge on any atom is -0.394 e. The van der Waals surface area contributed by atoms with Crippen molar-refractivity contribution in [3.05, 3.63) is 0 Å². The lowest BCUT2D eigenvalue weighted by atomic mass is 9.91. The van der Waals surface area contributed by atoms with E-state index in [1.165, 1.54) is 97.0 Å². The van der Waals surface area contributed by atoms with Crippen LogP contribution in [0.1, 0.15) is 117 Å². The quantitative estimate of drug-likeness (QED) is 0.127. The first-order chi connectivity index (χ1) is 15.5. The van der Waals surface area contributed by atoms with Crippen molar-refractivity contribution in [3.8, 4) is 0 Å². The highest BCUT2D eigenvalue weighted by Crippen LogP contribution is 2.30. The van der Waals surface area contributed by atoms with E-state index in [0.717, 1.165) is 19.4 Å². The summed E-state index contributed by atoms with van der Waals surface area (Å²) in [6.45, 7) is 4.38. The van der Waals surface area contributed by atoms with E-state index in [-0.39, 0.29) is 29.7 Å². The normalized spacial score (nSPS) is 26.6. The molecule has 0 amide bonds. The van der Waals surface area contributed by atoms with Gasteiger partial charge in [0.2, 0.25) is 0 Å². The molecule has 1 aliphatic heterocycles. The highest BCUT2D eigenvalue weighted by Gasteiger charge is 2.51. The first-order valence-electron chi connectivity index (χ1n) is 13.4. The molecular formula is C26H57BrN2O5. The van der Waals surface area contributed by atoms with E-state index in [2.05, 4.69) is 12.2 Å². The number of unbranched alkanes of at least 4 members (excludes halogenated alkanes) is 15. The minimum absolute atomic E-state index is 0. The topological polar surface area (TPSA) is 126 Å². The van der Waals surface area contributed by atoms with Gasteiger partial charge in [0.15, 0.2) is 5.79 Å². The molecule has 0 aromatic heterocycles. The summed E-state index contributed by atoms with van der Waals surface area (Å²) in [7, 11) is 1.52. The van der Waals surface area contributed by atoms with Gasteiger partial charge >= 0.3 is 0 Å². The van der Waals surface area contributed by atoms with Crippen LogP contribution in [0.3, 0.4) is 0 Å². The number of rotatable bonds is 20. The van der Waals surface area contributed by atoms with Crippen molar-refractivity contribution in [2.75, 3.05) is 20.3 Å². The Hall–Kier alpha value is 0.200. The molecule has 0 aliphatic carbocycles. The van der Waals surface area contributed by atoms with Gasteiger partial charge in [0.1, 0.15) is 18.3 Å². The molecule has 7 nitrogen and oxygen atoms in total. The maximum atomic E-state index is 10.5. The lowest BCUT2D eigenvalue weighted by Gasteiger charge is -2.48. The zero-order valence-electron chi connectivity index (χ0n) is 22.3. The van der Waals surface area contributed by atoms with Crippen LogP contribution in [0.15, 0.2) is 0 Å². The second-order valence-corrected chi connectivity index (χ2v) is 9.78. The molecule has 0 saturated carbocycles. The van der Waals surface area contributed by atoms with Gasteiger partial charge in [-0.3, -0.25) is 0 Å². The Kier molecular flexibility index (Phi) is 24.0. The smallest absolute Gasteiger partial charge is 0.183 e. The number of hydrogen-bond donors (Lipinski definition) is 5. The van der Waals surface area contributed by atoms with Crippen molar-refractivity contribution in [1.82, 2.24) is 11.5 Å². The Bertz CT molecular complexity index is 449. The predicted molar refractivity (Wildman–Crippen MR) is 146 cm³/mol. The molecule has 34 heavy (non-hydrogen) atoms. The van der Waals surface area contributed by atoms with Gasteiger partial charge in [-0.2, -0.15) is 0 Å². The zero-order chi connectivity index (χ0) is 23.7. The molecule has 1 saturated heterocycles. The van der Waals surface area contributed by atoms with Gasteiger partial charge in [-0.25, -0.2) is 0 Å². The van der Waals surface area contributed by atoms with E-state index in [1.807, 2.05) is 0 Å². The van der Waals surface area contributed by atoms with E-state index < -0.39 is 30.1 Å². The van der Waals surface area contributed by atoms with E-state index in [0.29, 0.717) is 0 Å². The number of nitrogens with one attached hydrogen (secondary N) is 1. The Morgan fingerprint density at radius 1 is 0.765 bits per heavy atom. The molecule has 1 rings (SSSR count). The third kappa shape index (κ3) is 14.1. The lowest BCUT2D eigenvalue weighted by Crippen LogP contribution is -2.69. The number of halogens is 1. The first-order valence-corrected chi connectivity index (χ1v) is 13.4. The van der Waals surface area contributed by atoms with Gasteiger partial charge in [-0.05, 0) is 19.9 Å². The minimum atomic E-state index is -1.13. The van der Waals surface area contributed by atoms with Crippen molar-refractivity contribution in [2.24, 2.45) is 0 Å². The molecule has 0 aromatic carbocycles. The van der Waals surface area contributed by atoms with Crippen molar-refractivity contribution in [2.45, 2.75) is 147 Å². The van der Waals surface area contributed by atoms with Crippen LogP contribution in [0.5, 0.6) is 0 Å². The van der Waals surface area contributed by atoms with Crippen LogP contribution in [-0.2, 0) is 9.47 Å². The van der Waals surface area contributed by atoms with Gasteiger partial charge in [0.05, 0.1) is 12.6 Å². The Morgan fingerprint density at radius 3 is 1.56 bits per heavy atom. The van der Waals surface area contributed by atoms with Crippen LogP contribution in [0.4, 0.5) is 0 Å². The SMILES string of the molecule is Br.CCCCCCCCCCCCCCCCCCN[C@H]1[C@@H](O)[C@H](O)[C@@H](CO)OC1(C)OC.N. The number of methoxy groups -OCH3 is 1. The molecule has 1 unspecified atom stereocenters. The maximum Gasteiger partial charge on any atom is 0.183 e. The summed E-state index contributed by atoms with van der Waals surface area (Å²) in [6.07, 6.45) is 18.4. The van der Waals surface area contributed by atoms with Crippen LogP contribution in [-0.4, -0.2) is 65.7 Å². The number of ether oxygens (including phenoxy) is 2. The second-order valence-electron chi connectivity index (χ2n) is 9.78. The van der Waals surface area contributed by atoms with E-state index in [4.69, 9.17) is 9.47 Å². The second kappa shape index (κ2) is 22.4. The first kappa shape index (κ1) is 36.4. The number of aliphatic hydroxyl groups excluding tert-OH is 3. The van der Waals surface area contributed by atoms with E-state index in [1.54, 1.807) is 6.92 Å². The molecule has 8 heteroatoms. The molecule has 5 atom stereocenters. The van der Waals surface area contributed by atoms with E-state index >= 15 is 0 Å². The van der Waals surface area contributed by atoms with Crippen molar-refractivity contribution in [1.29, 1.82) is 0 Å². The fourth-order valence-corrected chi connectivity index (χ4v) is 4.73. The standard InChI is InChI=1S/C26H53NO5.BrH.H3N/c1-4-5-6-7-8-9-10-11-12-13-14-15-16-17-18-19-20-27-25-24(30)23(29)22(21-28)32-26(25,2)31-3;;/h22-25,27-30H,4-21H2,1-3H3;1H;1H3/t22-,23-,24+,25+,26?;;/m1../s1. The van der Waals surface area contributed by atoms with Crippen LogP contribution >= 0.6 is 17.0 Å². The Morgan fingerprint density at radius 2 is 1.18 bits per heavy atom. The van der Waals surface area contributed by atoms with Gasteiger partial charge in [-0.15, -0.1) is 17.0 Å². The highest BCUT2D eigenvalue weighted by molar-refractivity contribution is 8.93. The molecule has 0 aromatic rings. The van der Waals surface area contributed by atoms with Gasteiger partial charge < -0.3 is 36.3 Å². The van der Waals surface area contributed by atoms with Crippen LogP contribution < -0.4 is 11.5 Å². The van der Waals surface area contributed by atoms with Gasteiger partial charge in [0, 0.05) is 7.11 Å². The van der Waals surface area contributed by atoms with Crippen LogP contribution in [0.2, 0.25) is 0 Å². The summed E-state index contributed by atoms with van der Waals surface area (Å²) in [4.78, 5) is 0. The summed E-state index contributed by atoms with van der Waals surface area (Å²) in [5.41, 5.74) is 0. The maximum absolute atomic E-state index is 10.5. The average Bonchev–Trinajstić information content (AvgIpc) is 2.80. The summed E-state index contributed by atoms with van der Waals surface area (Å²) in [6, 6.07) is -0.540. The summed E-state index contributed by atoms with van der Waals surface area (Å²) >= 11 is 0. The fourth-order valence-electron chi connectivity index (χ4n) is 4.73. The number of hydrogen-bond acceptors (Lipinski definition) is 7. The molecule has 7 N–H and O–H groups in total. The van der Waals surface area contributed by atoms with Gasteiger partial charge in [0.25, 0.3) is 0 Å². The molecule has 0 spiro atoms. The largest absolute Gasteiger partial charge is 0.394 e. The Labute approximate surface area is 220 Å². The number of aliphatic hydroxyl groups is 3. The van der Waals surface area contributed by atoms with Crippen LogP contribution in [0.25, 0.3) is 0 Å². The molecule has 1 aliphatic rings. The molecule has 0 radical (unpaired) electrons. The van der Waals surface area contributed by atoms with E-state index in [9.17, 15) is 15.3 Å². The zero-order valence-corrected chi connectivity index (χ0v) is 24.0. The summed E-state index contributed by atoms with van der Waals surface area (Å²) < 4.78 is 11.2. The molecule has 0 bridgehead atoms.